The van der Waals surface area contributed by atoms with Crippen molar-refractivity contribution in [3.8, 4) is 11.4 Å². The molecule has 0 saturated heterocycles. The second-order valence-corrected chi connectivity index (χ2v) is 7.27. The Hall–Kier alpha value is -3.34. The van der Waals surface area contributed by atoms with Crippen LogP contribution in [0.1, 0.15) is 0 Å². The van der Waals surface area contributed by atoms with Gasteiger partial charge in [0.15, 0.2) is 0 Å². The van der Waals surface area contributed by atoms with E-state index in [0.717, 1.165) is 16.8 Å². The highest BCUT2D eigenvalue weighted by atomic mass is 32.2. The Balaban J connectivity index is 1.80. The van der Waals surface area contributed by atoms with Gasteiger partial charge in [-0.3, -0.25) is 4.79 Å². The molecule has 11 heteroatoms. The van der Waals surface area contributed by atoms with Gasteiger partial charge in [0.05, 0.1) is 12.8 Å². The lowest BCUT2D eigenvalue weighted by molar-refractivity contribution is -0.113. The van der Waals surface area contributed by atoms with E-state index < -0.39 is 32.5 Å². The molecule has 0 unspecified atom stereocenters. The molecule has 0 bridgehead atoms. The first-order valence-corrected chi connectivity index (χ1v) is 9.25. The highest BCUT2D eigenvalue weighted by Crippen LogP contribution is 2.17. The average Bonchev–Trinajstić information content (AvgIpc) is 3.14. The van der Waals surface area contributed by atoms with Crippen molar-refractivity contribution in [1.82, 2.24) is 20.2 Å². The van der Waals surface area contributed by atoms with Gasteiger partial charge in [0.2, 0.25) is 15.7 Å². The highest BCUT2D eigenvalue weighted by molar-refractivity contribution is 7.92. The Kier molecular flexibility index (Phi) is 5.12. The number of carbonyl (C=O) groups is 1. The Labute approximate surface area is 153 Å². The number of nitrogens with one attached hydrogen (secondary N) is 1. The van der Waals surface area contributed by atoms with Crippen molar-refractivity contribution in [2.24, 2.45) is 0 Å². The number of nitrogens with zero attached hydrogens (tertiary/aromatic N) is 4. The largest absolute Gasteiger partial charge is 0.497 e. The number of benzene rings is 2. The molecule has 1 amide bonds. The Bertz CT molecular complexity index is 1050. The van der Waals surface area contributed by atoms with Gasteiger partial charge in [-0.1, -0.05) is 5.10 Å². The molecule has 0 aliphatic carbocycles. The van der Waals surface area contributed by atoms with Gasteiger partial charge in [-0.25, -0.2) is 12.8 Å². The van der Waals surface area contributed by atoms with Crippen molar-refractivity contribution < 1.29 is 22.3 Å². The quantitative estimate of drug-likeness (QED) is 0.672. The van der Waals surface area contributed by atoms with Crippen LogP contribution in [0.5, 0.6) is 5.75 Å². The van der Waals surface area contributed by atoms with E-state index in [2.05, 4.69) is 20.8 Å². The molecule has 1 heterocycles. The maximum Gasteiger partial charge on any atom is 0.272 e. The number of halogens is 1. The molecule has 0 spiro atoms. The van der Waals surface area contributed by atoms with Gasteiger partial charge in [-0.2, -0.15) is 4.68 Å². The number of hydrogen-bond donors (Lipinski definition) is 1. The third-order valence-corrected chi connectivity index (χ3v) is 4.94. The van der Waals surface area contributed by atoms with E-state index in [4.69, 9.17) is 4.74 Å². The number of anilines is 1. The number of tetrazole rings is 1. The van der Waals surface area contributed by atoms with E-state index in [0.29, 0.717) is 11.4 Å². The minimum absolute atomic E-state index is 0.270. The van der Waals surface area contributed by atoms with Crippen LogP contribution in [-0.4, -0.2) is 47.4 Å². The number of ether oxygens (including phenoxy) is 1. The SMILES string of the molecule is COc1ccc(-n2nnnc2S(=O)(=O)CC(=O)Nc2ccc(F)cc2)cc1. The van der Waals surface area contributed by atoms with E-state index in [-0.39, 0.29) is 5.69 Å². The second kappa shape index (κ2) is 7.50. The first kappa shape index (κ1) is 18.5. The molecule has 1 N–H and O–H groups in total. The van der Waals surface area contributed by atoms with Crippen LogP contribution in [-0.2, 0) is 14.6 Å². The molecule has 9 nitrogen and oxygen atoms in total. The normalized spacial score (nSPS) is 11.2. The van der Waals surface area contributed by atoms with Crippen molar-refractivity contribution in [2.75, 3.05) is 18.2 Å². The Morgan fingerprint density at radius 3 is 2.44 bits per heavy atom. The Morgan fingerprint density at radius 1 is 1.15 bits per heavy atom. The number of hydrogen-bond acceptors (Lipinski definition) is 7. The summed E-state index contributed by atoms with van der Waals surface area (Å²) in [6, 6.07) is 11.3. The zero-order chi connectivity index (χ0) is 19.4. The number of amides is 1. The number of sulfone groups is 1. The predicted molar refractivity (Wildman–Crippen MR) is 92.8 cm³/mol. The summed E-state index contributed by atoms with van der Waals surface area (Å²) in [5.74, 6) is -1.57. The smallest absolute Gasteiger partial charge is 0.272 e. The summed E-state index contributed by atoms with van der Waals surface area (Å²) in [5.41, 5.74) is 0.657. The fourth-order valence-electron chi connectivity index (χ4n) is 2.23. The lowest BCUT2D eigenvalue weighted by Crippen LogP contribution is -2.25. The molecule has 0 fully saturated rings. The van der Waals surface area contributed by atoms with Gasteiger partial charge in [0.25, 0.3) is 5.16 Å². The fraction of sp³-hybridized carbons (Fsp3) is 0.125. The van der Waals surface area contributed by atoms with Crippen LogP contribution in [0.2, 0.25) is 0 Å². The highest BCUT2D eigenvalue weighted by Gasteiger charge is 2.27. The molecular formula is C16H14FN5O4S. The number of aromatic nitrogens is 4. The molecule has 140 valence electrons. The molecule has 0 saturated carbocycles. The lowest BCUT2D eigenvalue weighted by atomic mass is 10.3. The minimum atomic E-state index is -4.13. The van der Waals surface area contributed by atoms with Gasteiger partial charge >= 0.3 is 0 Å². The molecule has 3 aromatic rings. The first-order chi connectivity index (χ1) is 12.9. The molecule has 0 atom stereocenters. The number of methoxy groups -OCH3 is 1. The van der Waals surface area contributed by atoms with E-state index in [1.807, 2.05) is 0 Å². The van der Waals surface area contributed by atoms with Crippen LogP contribution >= 0.6 is 0 Å². The summed E-state index contributed by atoms with van der Waals surface area (Å²) in [6.45, 7) is 0. The summed E-state index contributed by atoms with van der Waals surface area (Å²) < 4.78 is 44.1. The predicted octanol–water partition coefficient (Wildman–Crippen LogP) is 1.22. The number of carbonyl (C=O) groups excluding carboxylic acids is 1. The lowest BCUT2D eigenvalue weighted by Gasteiger charge is -2.07. The van der Waals surface area contributed by atoms with Crippen LogP contribution in [0.25, 0.3) is 5.69 Å². The van der Waals surface area contributed by atoms with E-state index >= 15 is 0 Å². The Morgan fingerprint density at radius 2 is 1.81 bits per heavy atom. The van der Waals surface area contributed by atoms with Gasteiger partial charge in [0.1, 0.15) is 17.3 Å². The van der Waals surface area contributed by atoms with Crippen molar-refractivity contribution in [3.63, 3.8) is 0 Å². The van der Waals surface area contributed by atoms with Gasteiger partial charge < -0.3 is 10.1 Å². The molecule has 3 rings (SSSR count). The van der Waals surface area contributed by atoms with E-state index in [9.17, 15) is 17.6 Å². The molecule has 0 aliphatic heterocycles. The van der Waals surface area contributed by atoms with E-state index in [1.54, 1.807) is 24.3 Å². The monoisotopic (exact) mass is 391 g/mol. The first-order valence-electron chi connectivity index (χ1n) is 7.60. The van der Waals surface area contributed by atoms with E-state index in [1.165, 1.54) is 19.2 Å². The van der Waals surface area contributed by atoms with Crippen molar-refractivity contribution in [3.05, 3.63) is 54.3 Å². The fourth-order valence-corrected chi connectivity index (χ4v) is 3.34. The standard InChI is InChI=1S/C16H14FN5O4S/c1-26-14-8-6-13(7-9-14)22-16(19-20-21-22)27(24,25)10-15(23)18-12-4-2-11(17)3-5-12/h2-9H,10H2,1H3,(H,18,23). The van der Waals surface area contributed by atoms with Crippen LogP contribution in [0.4, 0.5) is 10.1 Å². The van der Waals surface area contributed by atoms with Crippen LogP contribution in [0.15, 0.2) is 53.7 Å². The summed E-state index contributed by atoms with van der Waals surface area (Å²) in [4.78, 5) is 12.1. The summed E-state index contributed by atoms with van der Waals surface area (Å²) in [6.07, 6.45) is 0. The third-order valence-electron chi connectivity index (χ3n) is 3.49. The molecular weight excluding hydrogens is 377 g/mol. The summed E-state index contributed by atoms with van der Waals surface area (Å²) in [5, 5.41) is 12.5. The zero-order valence-corrected chi connectivity index (χ0v) is 14.9. The minimum Gasteiger partial charge on any atom is -0.497 e. The van der Waals surface area contributed by atoms with Gasteiger partial charge in [0, 0.05) is 5.69 Å². The van der Waals surface area contributed by atoms with Crippen molar-refractivity contribution in [2.45, 2.75) is 5.16 Å². The average molecular weight is 391 g/mol. The van der Waals surface area contributed by atoms with Gasteiger partial charge in [-0.05, 0) is 59.0 Å². The third kappa shape index (κ3) is 4.26. The molecule has 1 aromatic heterocycles. The van der Waals surface area contributed by atoms with Gasteiger partial charge in [-0.15, -0.1) is 0 Å². The maximum absolute atomic E-state index is 12.9. The topological polar surface area (TPSA) is 116 Å². The van der Waals surface area contributed by atoms with Crippen LogP contribution in [0, 0.1) is 5.82 Å². The van der Waals surface area contributed by atoms with Crippen molar-refractivity contribution in [1.29, 1.82) is 0 Å². The van der Waals surface area contributed by atoms with Crippen molar-refractivity contribution >= 4 is 21.4 Å². The second-order valence-electron chi connectivity index (χ2n) is 5.39. The van der Waals surface area contributed by atoms with Crippen LogP contribution in [0.3, 0.4) is 0 Å². The molecule has 27 heavy (non-hydrogen) atoms. The maximum atomic E-state index is 12.9. The molecule has 2 aromatic carbocycles. The summed E-state index contributed by atoms with van der Waals surface area (Å²) >= 11 is 0. The summed E-state index contributed by atoms with van der Waals surface area (Å²) in [7, 11) is -2.63. The zero-order valence-electron chi connectivity index (χ0n) is 14.0. The molecule has 0 radical (unpaired) electrons. The number of rotatable bonds is 6. The molecule has 0 aliphatic rings. The van der Waals surface area contributed by atoms with Crippen LogP contribution < -0.4 is 10.1 Å².